The van der Waals surface area contributed by atoms with E-state index in [2.05, 4.69) is 16.7 Å². The second kappa shape index (κ2) is 9.81. The van der Waals surface area contributed by atoms with E-state index in [1.807, 2.05) is 17.7 Å². The molecule has 0 spiro atoms. The van der Waals surface area contributed by atoms with E-state index in [0.717, 1.165) is 35.1 Å². The predicted molar refractivity (Wildman–Crippen MR) is 130 cm³/mol. The van der Waals surface area contributed by atoms with E-state index in [1.165, 1.54) is 4.68 Å². The Morgan fingerprint density at radius 2 is 2.08 bits per heavy atom. The third-order valence-corrected chi connectivity index (χ3v) is 6.96. The lowest BCUT2D eigenvalue weighted by Gasteiger charge is -2.25. The van der Waals surface area contributed by atoms with E-state index < -0.39 is 18.1 Å². The number of rotatable bonds is 6. The van der Waals surface area contributed by atoms with Crippen molar-refractivity contribution in [1.82, 2.24) is 29.4 Å². The van der Waals surface area contributed by atoms with Crippen LogP contribution >= 0.6 is 0 Å². The molecule has 9 nitrogen and oxygen atoms in total. The number of carbonyl (C=O) groups is 1. The van der Waals surface area contributed by atoms with Crippen molar-refractivity contribution in [2.45, 2.75) is 57.5 Å². The van der Waals surface area contributed by atoms with Gasteiger partial charge in [-0.05, 0) is 51.2 Å². The maximum absolute atomic E-state index is 13.0. The first kappa shape index (κ1) is 25.2. The number of hydrogen-bond acceptors (Lipinski definition) is 6. The van der Waals surface area contributed by atoms with Gasteiger partial charge in [-0.3, -0.25) is 9.78 Å². The minimum atomic E-state index is -4.91. The van der Waals surface area contributed by atoms with Gasteiger partial charge < -0.3 is 14.4 Å². The summed E-state index contributed by atoms with van der Waals surface area (Å²) in [5, 5.41) is 10.0. The zero-order chi connectivity index (χ0) is 26.3. The first-order chi connectivity index (χ1) is 17.7. The largest absolute Gasteiger partial charge is 0.475 e. The number of amides is 1. The molecule has 0 aliphatic carbocycles. The number of ether oxygens (including phenoxy) is 2. The molecule has 2 aliphatic heterocycles. The third kappa shape index (κ3) is 4.70. The SMILES string of the molecule is C=Cc1nn(C2CCCCO2)c2cnc(-c3c(C)nn(C)c3OC[C@H]3CCCN3C(=O)C(F)(F)F)cc12. The molecule has 0 N–H and O–H groups in total. The van der Waals surface area contributed by atoms with Crippen molar-refractivity contribution in [1.29, 1.82) is 0 Å². The van der Waals surface area contributed by atoms with Crippen LogP contribution in [0.15, 0.2) is 18.8 Å². The van der Waals surface area contributed by atoms with Gasteiger partial charge in [-0.15, -0.1) is 0 Å². The molecule has 0 radical (unpaired) electrons. The lowest BCUT2D eigenvalue weighted by Crippen LogP contribution is -2.45. The minimum Gasteiger partial charge on any atom is -0.475 e. The number of nitrogens with zero attached hydrogens (tertiary/aromatic N) is 6. The fourth-order valence-electron chi connectivity index (χ4n) is 5.20. The van der Waals surface area contributed by atoms with Gasteiger partial charge in [0.25, 0.3) is 0 Å². The number of halogens is 3. The summed E-state index contributed by atoms with van der Waals surface area (Å²) in [6.45, 7) is 6.38. The summed E-state index contributed by atoms with van der Waals surface area (Å²) in [6, 6.07) is 1.22. The van der Waals surface area contributed by atoms with Crippen molar-refractivity contribution in [3.05, 3.63) is 30.2 Å². The Labute approximate surface area is 211 Å². The summed E-state index contributed by atoms with van der Waals surface area (Å²) >= 11 is 0. The maximum atomic E-state index is 13.0. The summed E-state index contributed by atoms with van der Waals surface area (Å²) < 4.78 is 54.4. The van der Waals surface area contributed by atoms with Crippen LogP contribution in [0.4, 0.5) is 13.2 Å². The lowest BCUT2D eigenvalue weighted by atomic mass is 10.1. The molecule has 2 aliphatic rings. The lowest BCUT2D eigenvalue weighted by molar-refractivity contribution is -0.186. The molecule has 2 saturated heterocycles. The van der Waals surface area contributed by atoms with Gasteiger partial charge in [0.05, 0.1) is 40.4 Å². The molecule has 5 rings (SSSR count). The van der Waals surface area contributed by atoms with E-state index in [0.29, 0.717) is 48.0 Å². The average molecular weight is 519 g/mol. The molecule has 3 aromatic heterocycles. The van der Waals surface area contributed by atoms with E-state index in [9.17, 15) is 18.0 Å². The number of hydrogen-bond donors (Lipinski definition) is 0. The normalized spacial score (nSPS) is 20.5. The van der Waals surface area contributed by atoms with E-state index in [-0.39, 0.29) is 19.4 Å². The molecule has 37 heavy (non-hydrogen) atoms. The van der Waals surface area contributed by atoms with Crippen LogP contribution in [0.25, 0.3) is 28.2 Å². The minimum absolute atomic E-state index is 0.0564. The van der Waals surface area contributed by atoms with Gasteiger partial charge in [0.1, 0.15) is 6.61 Å². The topological polar surface area (TPSA) is 87.3 Å². The van der Waals surface area contributed by atoms with Crippen LogP contribution in [0, 0.1) is 6.92 Å². The molecular weight excluding hydrogens is 489 g/mol. The summed E-state index contributed by atoms with van der Waals surface area (Å²) in [4.78, 5) is 17.4. The zero-order valence-corrected chi connectivity index (χ0v) is 20.8. The molecule has 0 saturated carbocycles. The second-order valence-corrected chi connectivity index (χ2v) is 9.43. The Kier molecular flexibility index (Phi) is 6.69. The van der Waals surface area contributed by atoms with Gasteiger partial charge in [0.2, 0.25) is 5.88 Å². The van der Waals surface area contributed by atoms with Crippen molar-refractivity contribution >= 4 is 22.9 Å². The number of fused-ring (bicyclic) bond motifs is 1. The number of alkyl halides is 3. The molecule has 1 amide bonds. The number of carbonyl (C=O) groups excluding carboxylic acids is 1. The van der Waals surface area contributed by atoms with Gasteiger partial charge in [0, 0.05) is 25.6 Å². The summed E-state index contributed by atoms with van der Waals surface area (Å²) in [5.74, 6) is -1.46. The summed E-state index contributed by atoms with van der Waals surface area (Å²) in [6.07, 6.45) is 2.22. The molecular formula is C25H29F3N6O3. The van der Waals surface area contributed by atoms with Crippen molar-refractivity contribution in [2.24, 2.45) is 7.05 Å². The van der Waals surface area contributed by atoms with Gasteiger partial charge in [-0.1, -0.05) is 6.58 Å². The predicted octanol–water partition coefficient (Wildman–Crippen LogP) is 4.41. The number of pyridine rings is 1. The van der Waals surface area contributed by atoms with Gasteiger partial charge in [0.15, 0.2) is 6.23 Å². The van der Waals surface area contributed by atoms with Gasteiger partial charge >= 0.3 is 12.1 Å². The second-order valence-electron chi connectivity index (χ2n) is 9.43. The van der Waals surface area contributed by atoms with Gasteiger partial charge in [-0.2, -0.15) is 23.4 Å². The number of likely N-dealkylation sites (tertiary alicyclic amines) is 1. The molecule has 5 heterocycles. The highest BCUT2D eigenvalue weighted by Gasteiger charge is 2.46. The molecule has 0 bridgehead atoms. The van der Waals surface area contributed by atoms with E-state index >= 15 is 0 Å². The molecule has 12 heteroatoms. The van der Waals surface area contributed by atoms with Gasteiger partial charge in [-0.25, -0.2) is 9.36 Å². The van der Waals surface area contributed by atoms with Crippen LogP contribution in [0.3, 0.4) is 0 Å². The maximum Gasteiger partial charge on any atom is 0.471 e. The van der Waals surface area contributed by atoms with Crippen LogP contribution in [0.5, 0.6) is 5.88 Å². The van der Waals surface area contributed by atoms with Crippen molar-refractivity contribution in [3.63, 3.8) is 0 Å². The standard InChI is InChI=1S/C25H29F3N6O3/c1-4-18-17-12-19(29-13-20(17)34(31-18)21-9-5-6-11-36-21)22-15(2)30-32(3)23(22)37-14-16-8-7-10-33(16)24(35)25(26,27)28/h4,12-13,16,21H,1,5-11,14H2,2-3H3/t16-,21?/m1/s1. The number of aryl methyl sites for hydroxylation is 2. The van der Waals surface area contributed by atoms with Crippen LogP contribution in [-0.4, -0.2) is 67.3 Å². The molecule has 2 fully saturated rings. The average Bonchev–Trinajstić information content (AvgIpc) is 3.56. The fraction of sp³-hybridized carbons (Fsp3) is 0.520. The van der Waals surface area contributed by atoms with Crippen LogP contribution < -0.4 is 4.74 Å². The molecule has 198 valence electrons. The monoisotopic (exact) mass is 518 g/mol. The highest BCUT2D eigenvalue weighted by atomic mass is 19.4. The summed E-state index contributed by atoms with van der Waals surface area (Å²) in [7, 11) is 1.70. The smallest absolute Gasteiger partial charge is 0.471 e. The fourth-order valence-corrected chi connectivity index (χ4v) is 5.20. The molecule has 2 atom stereocenters. The first-order valence-electron chi connectivity index (χ1n) is 12.4. The van der Waals surface area contributed by atoms with E-state index in [4.69, 9.17) is 14.6 Å². The Hall–Kier alpha value is -3.41. The van der Waals surface area contributed by atoms with Crippen molar-refractivity contribution in [2.75, 3.05) is 19.8 Å². The highest BCUT2D eigenvalue weighted by molar-refractivity contribution is 5.90. The Morgan fingerprint density at radius 3 is 2.78 bits per heavy atom. The Bertz CT molecular complexity index is 1330. The first-order valence-corrected chi connectivity index (χ1v) is 12.4. The highest BCUT2D eigenvalue weighted by Crippen LogP contribution is 2.36. The van der Waals surface area contributed by atoms with Crippen LogP contribution in [-0.2, 0) is 16.6 Å². The molecule has 0 aromatic carbocycles. The third-order valence-electron chi connectivity index (χ3n) is 6.96. The molecule has 3 aromatic rings. The zero-order valence-electron chi connectivity index (χ0n) is 20.8. The quantitative estimate of drug-likeness (QED) is 0.480. The van der Waals surface area contributed by atoms with Crippen LogP contribution in [0.2, 0.25) is 0 Å². The molecule has 1 unspecified atom stereocenters. The van der Waals surface area contributed by atoms with Crippen LogP contribution in [0.1, 0.15) is 49.7 Å². The number of aromatic nitrogens is 5. The summed E-state index contributed by atoms with van der Waals surface area (Å²) in [5.41, 5.74) is 3.40. The van der Waals surface area contributed by atoms with E-state index in [1.54, 1.807) is 19.3 Å². The van der Waals surface area contributed by atoms with Crippen molar-refractivity contribution < 1.29 is 27.4 Å². The Balaban J connectivity index is 1.45. The van der Waals surface area contributed by atoms with Crippen molar-refractivity contribution in [3.8, 4) is 17.1 Å². The Morgan fingerprint density at radius 1 is 1.27 bits per heavy atom.